The van der Waals surface area contributed by atoms with Crippen LogP contribution in [0.4, 0.5) is 14.9 Å². The lowest BCUT2D eigenvalue weighted by Crippen LogP contribution is -2.17. The van der Waals surface area contributed by atoms with Gasteiger partial charge in [0.05, 0.1) is 10.6 Å². The highest BCUT2D eigenvalue weighted by Crippen LogP contribution is 2.25. The molecule has 0 saturated carbocycles. The lowest BCUT2D eigenvalue weighted by molar-refractivity contribution is -0.115. The Balaban J connectivity index is 1.75. The Labute approximate surface area is 147 Å². The van der Waals surface area contributed by atoms with E-state index in [2.05, 4.69) is 10.6 Å². The van der Waals surface area contributed by atoms with Gasteiger partial charge in [-0.15, -0.1) is 0 Å². The zero-order valence-electron chi connectivity index (χ0n) is 13.1. The van der Waals surface area contributed by atoms with Crippen LogP contribution in [0.3, 0.4) is 0 Å². The highest BCUT2D eigenvalue weighted by Gasteiger charge is 2.24. The zero-order valence-corrected chi connectivity index (χ0v) is 13.9. The third kappa shape index (κ3) is 3.95. The van der Waals surface area contributed by atoms with Crippen LogP contribution < -0.4 is 10.6 Å². The molecule has 7 heteroatoms. The fraction of sp³-hybridized carbons (Fsp3) is 0.0556. The fourth-order valence-electron chi connectivity index (χ4n) is 2.23. The SMILES string of the molecule is Cc1ccc(F)c(NC(=O)c2ccc(/C=C3\SC(=O)NC3=O)cc2)c1. The molecule has 126 valence electrons. The van der Waals surface area contributed by atoms with Gasteiger partial charge in [0, 0.05) is 5.56 Å². The Morgan fingerprint density at radius 2 is 1.88 bits per heavy atom. The van der Waals surface area contributed by atoms with Gasteiger partial charge in [0.15, 0.2) is 0 Å². The van der Waals surface area contributed by atoms with E-state index in [4.69, 9.17) is 0 Å². The second-order valence-corrected chi connectivity index (χ2v) is 6.43. The van der Waals surface area contributed by atoms with Gasteiger partial charge >= 0.3 is 0 Å². The van der Waals surface area contributed by atoms with E-state index >= 15 is 0 Å². The number of imide groups is 1. The number of rotatable bonds is 3. The molecule has 25 heavy (non-hydrogen) atoms. The average molecular weight is 356 g/mol. The quantitative estimate of drug-likeness (QED) is 0.822. The normalized spacial score (nSPS) is 15.4. The van der Waals surface area contributed by atoms with Crippen molar-refractivity contribution in [2.75, 3.05) is 5.32 Å². The molecule has 3 rings (SSSR count). The van der Waals surface area contributed by atoms with E-state index in [0.717, 1.165) is 17.3 Å². The molecule has 0 aromatic heterocycles. The molecule has 2 aromatic rings. The van der Waals surface area contributed by atoms with Crippen LogP contribution in [0.5, 0.6) is 0 Å². The van der Waals surface area contributed by atoms with E-state index in [-0.39, 0.29) is 5.69 Å². The minimum absolute atomic E-state index is 0.119. The van der Waals surface area contributed by atoms with E-state index in [0.29, 0.717) is 16.0 Å². The smallest absolute Gasteiger partial charge is 0.290 e. The maximum absolute atomic E-state index is 13.7. The van der Waals surface area contributed by atoms with Gasteiger partial charge in [-0.3, -0.25) is 19.7 Å². The summed E-state index contributed by atoms with van der Waals surface area (Å²) >= 11 is 0.824. The van der Waals surface area contributed by atoms with Gasteiger partial charge in [0.1, 0.15) is 5.82 Å². The summed E-state index contributed by atoms with van der Waals surface area (Å²) in [5, 5.41) is 4.29. The summed E-state index contributed by atoms with van der Waals surface area (Å²) in [6, 6.07) is 10.9. The van der Waals surface area contributed by atoms with Crippen LogP contribution in [0.2, 0.25) is 0 Å². The number of amides is 3. The monoisotopic (exact) mass is 356 g/mol. The van der Waals surface area contributed by atoms with Crippen LogP contribution in [0.25, 0.3) is 6.08 Å². The minimum Gasteiger partial charge on any atom is -0.319 e. The van der Waals surface area contributed by atoms with Gasteiger partial charge in [-0.05, 0) is 60.2 Å². The summed E-state index contributed by atoms with van der Waals surface area (Å²) in [4.78, 5) is 35.2. The van der Waals surface area contributed by atoms with Crippen molar-refractivity contribution in [3.63, 3.8) is 0 Å². The molecule has 2 N–H and O–H groups in total. The molecule has 0 bridgehead atoms. The lowest BCUT2D eigenvalue weighted by atomic mass is 10.1. The van der Waals surface area contributed by atoms with Crippen molar-refractivity contribution in [1.82, 2.24) is 5.32 Å². The molecule has 2 aromatic carbocycles. The standard InChI is InChI=1S/C18H13FN2O3S/c1-10-2-7-13(19)14(8-10)20-16(22)12-5-3-11(4-6-12)9-15-17(23)21-18(24)25-15/h2-9H,1H3,(H,20,22)(H,21,23,24)/b15-9-. The van der Waals surface area contributed by atoms with E-state index in [1.807, 2.05) is 0 Å². The third-order valence-electron chi connectivity index (χ3n) is 3.48. The summed E-state index contributed by atoms with van der Waals surface area (Å²) in [5.74, 6) is -1.38. The second kappa shape index (κ2) is 6.90. The largest absolute Gasteiger partial charge is 0.319 e. The third-order valence-corrected chi connectivity index (χ3v) is 4.29. The maximum Gasteiger partial charge on any atom is 0.290 e. The molecule has 1 aliphatic rings. The molecular weight excluding hydrogens is 343 g/mol. The zero-order chi connectivity index (χ0) is 18.0. The Kier molecular flexibility index (Phi) is 4.67. The van der Waals surface area contributed by atoms with Crippen LogP contribution in [0.15, 0.2) is 47.4 Å². The summed E-state index contributed by atoms with van der Waals surface area (Å²) in [6.07, 6.45) is 1.56. The van der Waals surface area contributed by atoms with E-state index in [1.54, 1.807) is 49.4 Å². The summed E-state index contributed by atoms with van der Waals surface area (Å²) in [5.41, 5.74) is 1.97. The molecule has 1 aliphatic heterocycles. The molecule has 1 fully saturated rings. The maximum atomic E-state index is 13.7. The van der Waals surface area contributed by atoms with E-state index < -0.39 is 22.9 Å². The van der Waals surface area contributed by atoms with Crippen molar-refractivity contribution < 1.29 is 18.8 Å². The van der Waals surface area contributed by atoms with Crippen LogP contribution in [0.1, 0.15) is 21.5 Å². The van der Waals surface area contributed by atoms with Crippen molar-refractivity contribution in [2.24, 2.45) is 0 Å². The van der Waals surface area contributed by atoms with Crippen LogP contribution in [-0.4, -0.2) is 17.1 Å². The molecule has 1 saturated heterocycles. The molecular formula is C18H13FN2O3S. The summed E-state index contributed by atoms with van der Waals surface area (Å²) in [7, 11) is 0. The first-order valence-electron chi connectivity index (χ1n) is 7.35. The molecule has 1 heterocycles. The number of hydrogen-bond acceptors (Lipinski definition) is 4. The van der Waals surface area contributed by atoms with Gasteiger partial charge in [-0.1, -0.05) is 18.2 Å². The lowest BCUT2D eigenvalue weighted by Gasteiger charge is -2.07. The molecule has 5 nitrogen and oxygen atoms in total. The van der Waals surface area contributed by atoms with Gasteiger partial charge < -0.3 is 5.32 Å². The van der Waals surface area contributed by atoms with Gasteiger partial charge in [-0.25, -0.2) is 4.39 Å². The predicted octanol–water partition coefficient (Wildman–Crippen LogP) is 3.71. The number of anilines is 1. The number of thioether (sulfide) groups is 1. The first-order chi connectivity index (χ1) is 11.9. The Morgan fingerprint density at radius 3 is 2.52 bits per heavy atom. The molecule has 3 amide bonds. The predicted molar refractivity (Wildman–Crippen MR) is 94.6 cm³/mol. The first kappa shape index (κ1) is 16.9. The number of carbonyl (C=O) groups excluding carboxylic acids is 3. The fourth-order valence-corrected chi connectivity index (χ4v) is 2.91. The highest BCUT2D eigenvalue weighted by molar-refractivity contribution is 8.18. The van der Waals surface area contributed by atoms with E-state index in [9.17, 15) is 18.8 Å². The van der Waals surface area contributed by atoms with Crippen molar-refractivity contribution in [2.45, 2.75) is 6.92 Å². The molecule has 0 spiro atoms. The topological polar surface area (TPSA) is 75.3 Å². The van der Waals surface area contributed by atoms with Crippen LogP contribution in [-0.2, 0) is 4.79 Å². The number of nitrogens with one attached hydrogen (secondary N) is 2. The molecule has 0 aliphatic carbocycles. The Bertz CT molecular complexity index is 907. The number of benzene rings is 2. The molecule has 0 atom stereocenters. The summed E-state index contributed by atoms with van der Waals surface area (Å²) < 4.78 is 13.7. The van der Waals surface area contributed by atoms with Gasteiger partial charge in [0.2, 0.25) is 0 Å². The minimum atomic E-state index is -0.505. The van der Waals surface area contributed by atoms with Crippen LogP contribution >= 0.6 is 11.8 Å². The number of carbonyl (C=O) groups is 3. The number of aryl methyl sites for hydroxylation is 1. The average Bonchev–Trinajstić information content (AvgIpc) is 2.89. The highest BCUT2D eigenvalue weighted by atomic mass is 32.2. The Hall–Kier alpha value is -2.93. The second-order valence-electron chi connectivity index (χ2n) is 5.41. The first-order valence-corrected chi connectivity index (χ1v) is 8.16. The van der Waals surface area contributed by atoms with Gasteiger partial charge in [-0.2, -0.15) is 0 Å². The number of halogens is 1. The number of hydrogen-bond donors (Lipinski definition) is 2. The van der Waals surface area contributed by atoms with Gasteiger partial charge in [0.25, 0.3) is 17.1 Å². The van der Waals surface area contributed by atoms with Crippen molar-refractivity contribution in [1.29, 1.82) is 0 Å². The van der Waals surface area contributed by atoms with Crippen LogP contribution in [0, 0.1) is 12.7 Å². The summed E-state index contributed by atoms with van der Waals surface area (Å²) in [6.45, 7) is 1.80. The van der Waals surface area contributed by atoms with Crippen molar-refractivity contribution in [3.05, 3.63) is 69.9 Å². The Morgan fingerprint density at radius 1 is 1.16 bits per heavy atom. The molecule has 0 unspecified atom stereocenters. The van der Waals surface area contributed by atoms with E-state index in [1.165, 1.54) is 6.07 Å². The molecule has 0 radical (unpaired) electrons. The van der Waals surface area contributed by atoms with Crippen molar-refractivity contribution >= 4 is 40.6 Å². The van der Waals surface area contributed by atoms with Crippen molar-refractivity contribution in [3.8, 4) is 0 Å².